The maximum atomic E-state index is 5.15. The van der Waals surface area contributed by atoms with Crippen LogP contribution in [0.15, 0.2) is 24.9 Å². The minimum atomic E-state index is 0.584. The topological polar surface area (TPSA) is 26.5 Å². The van der Waals surface area contributed by atoms with Crippen molar-refractivity contribution >= 4 is 11.7 Å². The standard InChI is InChI=1S/C12H14N2O/c1-4-10-5-6-14-11(8-15-3)9(2)13-12(14)7-10/h4-7H,1,8H2,2-3H3. The average molecular weight is 202 g/mol. The van der Waals surface area contributed by atoms with Gasteiger partial charge in [0.15, 0.2) is 0 Å². The summed E-state index contributed by atoms with van der Waals surface area (Å²) in [5.41, 5.74) is 4.13. The van der Waals surface area contributed by atoms with Gasteiger partial charge >= 0.3 is 0 Å². The van der Waals surface area contributed by atoms with Gasteiger partial charge in [-0.25, -0.2) is 4.98 Å². The Kier molecular flexibility index (Phi) is 2.56. The molecule has 0 fully saturated rings. The van der Waals surface area contributed by atoms with Crippen LogP contribution in [0.1, 0.15) is 17.0 Å². The molecule has 0 aliphatic rings. The van der Waals surface area contributed by atoms with Gasteiger partial charge in [0.05, 0.1) is 18.0 Å². The highest BCUT2D eigenvalue weighted by molar-refractivity contribution is 5.55. The number of nitrogens with zero attached hydrogens (tertiary/aromatic N) is 2. The smallest absolute Gasteiger partial charge is 0.137 e. The molecular weight excluding hydrogens is 188 g/mol. The number of ether oxygens (including phenoxy) is 1. The van der Waals surface area contributed by atoms with E-state index in [1.807, 2.05) is 35.7 Å². The van der Waals surface area contributed by atoms with Crippen molar-refractivity contribution in [2.24, 2.45) is 0 Å². The lowest BCUT2D eigenvalue weighted by Gasteiger charge is -2.01. The van der Waals surface area contributed by atoms with Gasteiger partial charge in [-0.05, 0) is 24.6 Å². The molecular formula is C12H14N2O. The van der Waals surface area contributed by atoms with Crippen LogP contribution in [0, 0.1) is 6.92 Å². The van der Waals surface area contributed by atoms with Crippen LogP contribution >= 0.6 is 0 Å². The largest absolute Gasteiger partial charge is 0.378 e. The molecule has 0 saturated carbocycles. The third-order valence-electron chi connectivity index (χ3n) is 2.47. The monoisotopic (exact) mass is 202 g/mol. The van der Waals surface area contributed by atoms with Crippen LogP contribution in [-0.4, -0.2) is 16.5 Å². The molecule has 2 aromatic rings. The van der Waals surface area contributed by atoms with E-state index in [4.69, 9.17) is 4.74 Å². The summed E-state index contributed by atoms with van der Waals surface area (Å²) >= 11 is 0. The Morgan fingerprint density at radius 2 is 2.40 bits per heavy atom. The van der Waals surface area contributed by atoms with Gasteiger partial charge in [0.25, 0.3) is 0 Å². The van der Waals surface area contributed by atoms with Crippen molar-refractivity contribution in [2.45, 2.75) is 13.5 Å². The third-order valence-corrected chi connectivity index (χ3v) is 2.47. The van der Waals surface area contributed by atoms with Crippen LogP contribution in [0.2, 0.25) is 0 Å². The van der Waals surface area contributed by atoms with Gasteiger partial charge in [-0.3, -0.25) is 0 Å². The van der Waals surface area contributed by atoms with Crippen molar-refractivity contribution in [3.63, 3.8) is 0 Å². The second kappa shape index (κ2) is 3.87. The SMILES string of the molecule is C=Cc1ccn2c(COC)c(C)nc2c1. The number of pyridine rings is 1. The van der Waals surface area contributed by atoms with Gasteiger partial charge in [-0.15, -0.1) is 0 Å². The summed E-state index contributed by atoms with van der Waals surface area (Å²) < 4.78 is 7.20. The first-order valence-electron chi connectivity index (χ1n) is 4.85. The zero-order valence-electron chi connectivity index (χ0n) is 9.03. The minimum absolute atomic E-state index is 0.584. The van der Waals surface area contributed by atoms with E-state index in [1.165, 1.54) is 0 Å². The van der Waals surface area contributed by atoms with Gasteiger partial charge in [0, 0.05) is 13.3 Å². The summed E-state index contributed by atoms with van der Waals surface area (Å²) in [7, 11) is 1.69. The number of rotatable bonds is 3. The van der Waals surface area contributed by atoms with Crippen LogP contribution in [0.4, 0.5) is 0 Å². The molecule has 0 aliphatic heterocycles. The normalized spacial score (nSPS) is 10.8. The van der Waals surface area contributed by atoms with E-state index in [1.54, 1.807) is 7.11 Å². The van der Waals surface area contributed by atoms with E-state index in [-0.39, 0.29) is 0 Å². The van der Waals surface area contributed by atoms with Gasteiger partial charge in [0.2, 0.25) is 0 Å². The fourth-order valence-electron chi connectivity index (χ4n) is 1.67. The molecule has 78 valence electrons. The van der Waals surface area contributed by atoms with Crippen molar-refractivity contribution in [1.29, 1.82) is 0 Å². The Labute approximate surface area is 89.0 Å². The van der Waals surface area contributed by atoms with E-state index >= 15 is 0 Å². The first kappa shape index (κ1) is 9.93. The summed E-state index contributed by atoms with van der Waals surface area (Å²) in [6, 6.07) is 4.03. The van der Waals surface area contributed by atoms with Crippen molar-refractivity contribution in [3.05, 3.63) is 41.9 Å². The zero-order valence-corrected chi connectivity index (χ0v) is 9.03. The first-order chi connectivity index (χ1) is 7.26. The molecule has 3 heteroatoms. The molecule has 0 amide bonds. The maximum Gasteiger partial charge on any atom is 0.137 e. The van der Waals surface area contributed by atoms with Crippen LogP contribution in [-0.2, 0) is 11.3 Å². The minimum Gasteiger partial charge on any atom is -0.378 e. The highest BCUT2D eigenvalue weighted by Gasteiger charge is 2.07. The summed E-state index contributed by atoms with van der Waals surface area (Å²) in [5.74, 6) is 0. The second-order valence-corrected chi connectivity index (χ2v) is 3.47. The number of fused-ring (bicyclic) bond motifs is 1. The molecule has 15 heavy (non-hydrogen) atoms. The van der Waals surface area contributed by atoms with Crippen molar-refractivity contribution in [3.8, 4) is 0 Å². The number of aromatic nitrogens is 2. The molecule has 0 unspecified atom stereocenters. The molecule has 0 aromatic carbocycles. The van der Waals surface area contributed by atoms with Crippen LogP contribution in [0.25, 0.3) is 11.7 Å². The number of imidazole rings is 1. The number of aryl methyl sites for hydroxylation is 1. The summed E-state index contributed by atoms with van der Waals surface area (Å²) in [4.78, 5) is 4.48. The van der Waals surface area contributed by atoms with Gasteiger partial charge in [-0.2, -0.15) is 0 Å². The molecule has 0 spiro atoms. The van der Waals surface area contributed by atoms with Crippen molar-refractivity contribution < 1.29 is 4.74 Å². The number of hydrogen-bond acceptors (Lipinski definition) is 2. The predicted molar refractivity (Wildman–Crippen MR) is 60.7 cm³/mol. The Hall–Kier alpha value is -1.61. The molecule has 0 bridgehead atoms. The van der Waals surface area contributed by atoms with Crippen molar-refractivity contribution in [1.82, 2.24) is 9.38 Å². The van der Waals surface area contributed by atoms with E-state index in [2.05, 4.69) is 11.6 Å². The molecule has 2 rings (SSSR count). The Balaban J connectivity index is 2.62. The summed E-state index contributed by atoms with van der Waals surface area (Å²) in [6.07, 6.45) is 3.82. The van der Waals surface area contributed by atoms with Crippen molar-refractivity contribution in [2.75, 3.05) is 7.11 Å². The highest BCUT2D eigenvalue weighted by atomic mass is 16.5. The molecule has 0 saturated heterocycles. The van der Waals surface area contributed by atoms with Crippen LogP contribution < -0.4 is 0 Å². The molecule has 0 N–H and O–H groups in total. The Morgan fingerprint density at radius 1 is 1.60 bits per heavy atom. The third kappa shape index (κ3) is 1.66. The Morgan fingerprint density at radius 3 is 3.07 bits per heavy atom. The predicted octanol–water partition coefficient (Wildman–Crippen LogP) is 2.43. The summed E-state index contributed by atoms with van der Waals surface area (Å²) in [6.45, 7) is 6.32. The zero-order chi connectivity index (χ0) is 10.8. The van der Waals surface area contributed by atoms with E-state index in [9.17, 15) is 0 Å². The number of methoxy groups -OCH3 is 1. The van der Waals surface area contributed by atoms with Gasteiger partial charge in [0.1, 0.15) is 5.65 Å². The van der Waals surface area contributed by atoms with Crippen LogP contribution in [0.5, 0.6) is 0 Å². The fraction of sp³-hybridized carbons (Fsp3) is 0.250. The first-order valence-corrected chi connectivity index (χ1v) is 4.85. The molecule has 0 radical (unpaired) electrons. The lowest BCUT2D eigenvalue weighted by Crippen LogP contribution is -1.96. The molecule has 2 heterocycles. The lowest BCUT2D eigenvalue weighted by molar-refractivity contribution is 0.180. The highest BCUT2D eigenvalue weighted by Crippen LogP contribution is 2.14. The fourth-order valence-corrected chi connectivity index (χ4v) is 1.67. The molecule has 2 aromatic heterocycles. The summed E-state index contributed by atoms with van der Waals surface area (Å²) in [5, 5.41) is 0. The maximum absolute atomic E-state index is 5.15. The lowest BCUT2D eigenvalue weighted by atomic mass is 10.2. The second-order valence-electron chi connectivity index (χ2n) is 3.47. The quantitative estimate of drug-likeness (QED) is 0.764. The molecule has 0 atom stereocenters. The van der Waals surface area contributed by atoms with Gasteiger partial charge < -0.3 is 9.14 Å². The Bertz CT molecular complexity index is 500. The van der Waals surface area contributed by atoms with Crippen LogP contribution in [0.3, 0.4) is 0 Å². The van der Waals surface area contributed by atoms with E-state index in [0.29, 0.717) is 6.61 Å². The average Bonchev–Trinajstić information content (AvgIpc) is 2.55. The number of hydrogen-bond donors (Lipinski definition) is 0. The van der Waals surface area contributed by atoms with Gasteiger partial charge in [-0.1, -0.05) is 12.7 Å². The molecule has 3 nitrogen and oxygen atoms in total. The van der Waals surface area contributed by atoms with E-state index in [0.717, 1.165) is 22.6 Å². The van der Waals surface area contributed by atoms with E-state index < -0.39 is 0 Å². The molecule has 0 aliphatic carbocycles.